The van der Waals surface area contributed by atoms with E-state index in [1.165, 1.54) is 22.5 Å². The van der Waals surface area contributed by atoms with Gasteiger partial charge in [0.1, 0.15) is 4.90 Å². The molecule has 1 saturated heterocycles. The van der Waals surface area contributed by atoms with Crippen molar-refractivity contribution in [3.63, 3.8) is 0 Å². The third-order valence-corrected chi connectivity index (χ3v) is 7.04. The Morgan fingerprint density at radius 2 is 1.79 bits per heavy atom. The maximum absolute atomic E-state index is 12.9. The summed E-state index contributed by atoms with van der Waals surface area (Å²) in [6.45, 7) is 1.20. The van der Waals surface area contributed by atoms with E-state index < -0.39 is 15.9 Å². The van der Waals surface area contributed by atoms with Gasteiger partial charge in [0.05, 0.1) is 16.7 Å². The fourth-order valence-corrected chi connectivity index (χ4v) is 5.09. The van der Waals surface area contributed by atoms with Crippen molar-refractivity contribution in [1.82, 2.24) is 9.62 Å². The number of nitriles is 1. The first-order valence-corrected chi connectivity index (χ1v) is 10.8. The third kappa shape index (κ3) is 4.53. The lowest BCUT2D eigenvalue weighted by atomic mass is 10.1. The second-order valence-corrected chi connectivity index (χ2v) is 8.91. The van der Waals surface area contributed by atoms with E-state index in [4.69, 9.17) is 16.9 Å². The Kier molecular flexibility index (Phi) is 6.35. The van der Waals surface area contributed by atoms with Gasteiger partial charge in [0, 0.05) is 25.2 Å². The third-order valence-electron chi connectivity index (χ3n) is 4.66. The zero-order valence-corrected chi connectivity index (χ0v) is 16.8. The Labute approximate surface area is 169 Å². The fourth-order valence-electron chi connectivity index (χ4n) is 3.07. The van der Waals surface area contributed by atoms with E-state index in [2.05, 4.69) is 5.32 Å². The number of benzene rings is 2. The number of halogens is 1. The molecule has 1 aliphatic heterocycles. The highest BCUT2D eigenvalue weighted by Crippen LogP contribution is 2.27. The summed E-state index contributed by atoms with van der Waals surface area (Å²) < 4.78 is 27.2. The van der Waals surface area contributed by atoms with Crippen molar-refractivity contribution in [3.8, 4) is 6.07 Å². The molecule has 146 valence electrons. The van der Waals surface area contributed by atoms with Gasteiger partial charge in [0.15, 0.2) is 0 Å². The average Bonchev–Trinajstić information content (AvgIpc) is 2.73. The Bertz CT molecular complexity index is 1010. The summed E-state index contributed by atoms with van der Waals surface area (Å²) in [7, 11) is -3.73. The molecule has 0 radical (unpaired) electrons. The Hall–Kier alpha value is -2.40. The molecule has 1 fully saturated rings. The van der Waals surface area contributed by atoms with Gasteiger partial charge in [-0.2, -0.15) is 9.57 Å². The van der Waals surface area contributed by atoms with E-state index in [0.29, 0.717) is 18.7 Å². The SMILES string of the molecule is N#Cc1ccc(CNC(=O)c2ccc(Cl)c(S(=O)(=O)N3CCCCC3)c2)cc1. The first kappa shape index (κ1) is 20.3. The zero-order chi connectivity index (χ0) is 20.1. The Balaban J connectivity index is 1.76. The molecule has 1 heterocycles. The van der Waals surface area contributed by atoms with Crippen LogP contribution in [0.1, 0.15) is 40.7 Å². The van der Waals surface area contributed by atoms with Crippen molar-refractivity contribution in [2.45, 2.75) is 30.7 Å². The number of sulfonamides is 1. The normalized spacial score (nSPS) is 15.0. The Morgan fingerprint density at radius 1 is 1.11 bits per heavy atom. The minimum absolute atomic E-state index is 0.0397. The molecule has 2 aromatic rings. The maximum atomic E-state index is 12.9. The van der Waals surface area contributed by atoms with Crippen LogP contribution in [-0.2, 0) is 16.6 Å². The van der Waals surface area contributed by atoms with Crippen LogP contribution in [0.5, 0.6) is 0 Å². The predicted molar refractivity (Wildman–Crippen MR) is 106 cm³/mol. The molecule has 8 heteroatoms. The van der Waals surface area contributed by atoms with E-state index in [9.17, 15) is 13.2 Å². The number of hydrogen-bond donors (Lipinski definition) is 1. The van der Waals surface area contributed by atoms with Crippen LogP contribution in [0.2, 0.25) is 5.02 Å². The largest absolute Gasteiger partial charge is 0.348 e. The molecular formula is C20H20ClN3O3S. The van der Waals surface area contributed by atoms with Crippen LogP contribution < -0.4 is 5.32 Å². The van der Waals surface area contributed by atoms with Gasteiger partial charge in [0.2, 0.25) is 10.0 Å². The van der Waals surface area contributed by atoms with Gasteiger partial charge in [-0.05, 0) is 48.7 Å². The highest BCUT2D eigenvalue weighted by atomic mass is 35.5. The Morgan fingerprint density at radius 3 is 2.43 bits per heavy atom. The lowest BCUT2D eigenvalue weighted by molar-refractivity contribution is 0.0950. The van der Waals surface area contributed by atoms with Crippen molar-refractivity contribution >= 4 is 27.5 Å². The standard InChI is InChI=1S/C20H20ClN3O3S/c21-18-9-8-17(12-19(18)28(26,27)24-10-2-1-3-11-24)20(25)23-14-16-6-4-15(13-22)5-7-16/h4-9,12H,1-3,10-11,14H2,(H,23,25). The van der Waals surface area contributed by atoms with Crippen LogP contribution in [0.3, 0.4) is 0 Å². The molecule has 0 bridgehead atoms. The van der Waals surface area contributed by atoms with Crippen molar-refractivity contribution in [2.24, 2.45) is 0 Å². The minimum atomic E-state index is -3.73. The summed E-state index contributed by atoms with van der Waals surface area (Å²) >= 11 is 6.14. The molecule has 0 spiro atoms. The van der Waals surface area contributed by atoms with Gasteiger partial charge in [-0.15, -0.1) is 0 Å². The smallest absolute Gasteiger partial charge is 0.251 e. The second-order valence-electron chi connectivity index (χ2n) is 6.60. The molecule has 0 aliphatic carbocycles. The van der Waals surface area contributed by atoms with E-state index in [0.717, 1.165) is 24.8 Å². The van der Waals surface area contributed by atoms with Gasteiger partial charge in [-0.3, -0.25) is 4.79 Å². The number of carbonyl (C=O) groups is 1. The first-order chi connectivity index (χ1) is 13.4. The molecule has 3 rings (SSSR count). The molecule has 0 aromatic heterocycles. The van der Waals surface area contributed by atoms with Gasteiger partial charge in [-0.25, -0.2) is 8.42 Å². The van der Waals surface area contributed by atoms with E-state index in [1.54, 1.807) is 24.3 Å². The van der Waals surface area contributed by atoms with Crippen LogP contribution in [-0.4, -0.2) is 31.7 Å². The molecular weight excluding hydrogens is 398 g/mol. The van der Waals surface area contributed by atoms with Crippen LogP contribution in [0.15, 0.2) is 47.4 Å². The number of rotatable bonds is 5. The molecule has 1 amide bonds. The topological polar surface area (TPSA) is 90.3 Å². The fraction of sp³-hybridized carbons (Fsp3) is 0.300. The number of hydrogen-bond acceptors (Lipinski definition) is 4. The lowest BCUT2D eigenvalue weighted by Crippen LogP contribution is -2.36. The molecule has 1 aliphatic rings. The van der Waals surface area contributed by atoms with Gasteiger partial charge >= 0.3 is 0 Å². The van der Waals surface area contributed by atoms with E-state index >= 15 is 0 Å². The summed E-state index contributed by atoms with van der Waals surface area (Å²) in [5.41, 5.74) is 1.61. The zero-order valence-electron chi connectivity index (χ0n) is 15.2. The number of piperidine rings is 1. The van der Waals surface area contributed by atoms with Crippen molar-refractivity contribution in [1.29, 1.82) is 5.26 Å². The van der Waals surface area contributed by atoms with E-state index in [1.807, 2.05) is 6.07 Å². The molecule has 2 aromatic carbocycles. The van der Waals surface area contributed by atoms with Crippen LogP contribution in [0.25, 0.3) is 0 Å². The summed E-state index contributed by atoms with van der Waals surface area (Å²) in [6, 6.07) is 13.2. The quantitative estimate of drug-likeness (QED) is 0.807. The summed E-state index contributed by atoms with van der Waals surface area (Å²) in [5.74, 6) is -0.392. The van der Waals surface area contributed by atoms with Crippen LogP contribution >= 0.6 is 11.6 Å². The molecule has 6 nitrogen and oxygen atoms in total. The maximum Gasteiger partial charge on any atom is 0.251 e. The summed E-state index contributed by atoms with van der Waals surface area (Å²) in [5, 5.41) is 11.7. The van der Waals surface area contributed by atoms with Gasteiger partial charge < -0.3 is 5.32 Å². The minimum Gasteiger partial charge on any atom is -0.348 e. The molecule has 1 N–H and O–H groups in total. The van der Waals surface area contributed by atoms with Crippen molar-refractivity contribution in [3.05, 3.63) is 64.2 Å². The van der Waals surface area contributed by atoms with Crippen LogP contribution in [0.4, 0.5) is 0 Å². The second kappa shape index (κ2) is 8.74. The molecule has 0 unspecified atom stereocenters. The molecule has 28 heavy (non-hydrogen) atoms. The van der Waals surface area contributed by atoms with Crippen molar-refractivity contribution in [2.75, 3.05) is 13.1 Å². The number of nitrogens with zero attached hydrogens (tertiary/aromatic N) is 2. The average molecular weight is 418 g/mol. The predicted octanol–water partition coefficient (Wildman–Crippen LogP) is 3.32. The highest BCUT2D eigenvalue weighted by Gasteiger charge is 2.28. The highest BCUT2D eigenvalue weighted by molar-refractivity contribution is 7.89. The van der Waals surface area contributed by atoms with E-state index in [-0.39, 0.29) is 22.0 Å². The first-order valence-electron chi connectivity index (χ1n) is 8.99. The van der Waals surface area contributed by atoms with Crippen LogP contribution in [0, 0.1) is 11.3 Å². The number of nitrogens with one attached hydrogen (secondary N) is 1. The molecule has 0 atom stereocenters. The number of carbonyl (C=O) groups excluding carboxylic acids is 1. The van der Waals surface area contributed by atoms with Gasteiger partial charge in [0.25, 0.3) is 5.91 Å². The van der Waals surface area contributed by atoms with Crippen molar-refractivity contribution < 1.29 is 13.2 Å². The lowest BCUT2D eigenvalue weighted by Gasteiger charge is -2.26. The summed E-state index contributed by atoms with van der Waals surface area (Å²) in [4.78, 5) is 12.5. The number of amides is 1. The molecule has 0 saturated carbocycles. The monoisotopic (exact) mass is 417 g/mol. The summed E-state index contributed by atoms with van der Waals surface area (Å²) in [6.07, 6.45) is 2.65. The van der Waals surface area contributed by atoms with Gasteiger partial charge in [-0.1, -0.05) is 30.2 Å².